The van der Waals surface area contributed by atoms with E-state index in [9.17, 15) is 14.9 Å². The quantitative estimate of drug-likeness (QED) is 0.609. The smallest absolute Gasteiger partial charge is 0.347 e. The molecule has 1 atom stereocenters. The number of hydrogen-bond acceptors (Lipinski definition) is 5. The van der Waals surface area contributed by atoms with E-state index in [0.29, 0.717) is 5.56 Å². The van der Waals surface area contributed by atoms with Crippen LogP contribution in [-0.2, 0) is 9.53 Å². The van der Waals surface area contributed by atoms with Crippen molar-refractivity contribution in [2.75, 3.05) is 13.7 Å². The van der Waals surface area contributed by atoms with Crippen LogP contribution in [0, 0.1) is 17.0 Å². The number of rotatable bonds is 6. The fourth-order valence-electron chi connectivity index (χ4n) is 1.42. The molecule has 98 valence electrons. The largest absolute Gasteiger partial charge is 0.478 e. The van der Waals surface area contributed by atoms with Gasteiger partial charge in [-0.2, -0.15) is 0 Å². The van der Waals surface area contributed by atoms with Gasteiger partial charge in [-0.1, -0.05) is 12.1 Å². The Morgan fingerprint density at radius 3 is 2.72 bits per heavy atom. The predicted octanol–water partition coefficient (Wildman–Crippen LogP) is 1.38. The van der Waals surface area contributed by atoms with E-state index in [2.05, 4.69) is 0 Å². The Labute approximate surface area is 103 Å². The summed E-state index contributed by atoms with van der Waals surface area (Å²) in [5.74, 6) is -1.32. The molecule has 1 rings (SSSR count). The lowest BCUT2D eigenvalue weighted by Crippen LogP contribution is -2.31. The SMILES string of the molecule is COCC(Oc1cccc(C)c1[N+](=O)[O-])C(=O)O. The molecule has 1 unspecified atom stereocenters. The number of aliphatic carboxylic acids is 1. The summed E-state index contributed by atoms with van der Waals surface area (Å²) < 4.78 is 9.82. The number of hydrogen-bond donors (Lipinski definition) is 1. The first-order chi connectivity index (χ1) is 8.47. The lowest BCUT2D eigenvalue weighted by Gasteiger charge is -2.14. The fraction of sp³-hybridized carbons (Fsp3) is 0.364. The van der Waals surface area contributed by atoms with Gasteiger partial charge in [0.15, 0.2) is 5.75 Å². The van der Waals surface area contributed by atoms with Crippen molar-refractivity contribution >= 4 is 11.7 Å². The van der Waals surface area contributed by atoms with Crippen molar-refractivity contribution in [2.45, 2.75) is 13.0 Å². The normalized spacial score (nSPS) is 11.9. The molecule has 0 aliphatic rings. The van der Waals surface area contributed by atoms with E-state index >= 15 is 0 Å². The Hall–Kier alpha value is -2.15. The summed E-state index contributed by atoms with van der Waals surface area (Å²) in [7, 11) is 1.32. The van der Waals surface area contributed by atoms with E-state index in [4.69, 9.17) is 14.6 Å². The van der Waals surface area contributed by atoms with Crippen molar-refractivity contribution in [3.8, 4) is 5.75 Å². The molecule has 0 fully saturated rings. The number of carbonyl (C=O) groups is 1. The molecule has 0 saturated heterocycles. The van der Waals surface area contributed by atoms with Gasteiger partial charge in [0.25, 0.3) is 0 Å². The number of nitro benzene ring substituents is 1. The van der Waals surface area contributed by atoms with E-state index in [1.165, 1.54) is 13.2 Å². The first-order valence-corrected chi connectivity index (χ1v) is 5.09. The Morgan fingerprint density at radius 2 is 2.22 bits per heavy atom. The van der Waals surface area contributed by atoms with E-state index in [1.807, 2.05) is 0 Å². The first-order valence-electron chi connectivity index (χ1n) is 5.09. The maximum absolute atomic E-state index is 10.9. The lowest BCUT2D eigenvalue weighted by molar-refractivity contribution is -0.386. The number of ether oxygens (including phenoxy) is 2. The predicted molar refractivity (Wildman–Crippen MR) is 61.8 cm³/mol. The van der Waals surface area contributed by atoms with Crippen molar-refractivity contribution in [2.24, 2.45) is 0 Å². The molecule has 0 heterocycles. The van der Waals surface area contributed by atoms with Gasteiger partial charge >= 0.3 is 11.7 Å². The molecule has 18 heavy (non-hydrogen) atoms. The molecule has 1 N–H and O–H groups in total. The van der Waals surface area contributed by atoms with Crippen molar-refractivity contribution in [3.63, 3.8) is 0 Å². The zero-order valence-corrected chi connectivity index (χ0v) is 9.95. The second-order valence-corrected chi connectivity index (χ2v) is 3.58. The average molecular weight is 255 g/mol. The van der Waals surface area contributed by atoms with E-state index in [1.54, 1.807) is 19.1 Å². The summed E-state index contributed by atoms with van der Waals surface area (Å²) in [6, 6.07) is 4.47. The third-order valence-corrected chi connectivity index (χ3v) is 2.25. The van der Waals surface area contributed by atoms with Gasteiger partial charge in [-0.3, -0.25) is 10.1 Å². The summed E-state index contributed by atoms with van der Waals surface area (Å²) in [5, 5.41) is 19.8. The molecular weight excluding hydrogens is 242 g/mol. The van der Waals surface area contributed by atoms with Crippen molar-refractivity contribution in [1.29, 1.82) is 0 Å². The van der Waals surface area contributed by atoms with Crippen LogP contribution in [0.5, 0.6) is 5.75 Å². The molecule has 1 aromatic carbocycles. The topological polar surface area (TPSA) is 98.9 Å². The molecule has 0 aliphatic heterocycles. The third-order valence-electron chi connectivity index (χ3n) is 2.25. The third kappa shape index (κ3) is 3.17. The van der Waals surface area contributed by atoms with Crippen LogP contribution in [0.3, 0.4) is 0 Å². The van der Waals surface area contributed by atoms with Crippen LogP contribution < -0.4 is 4.74 Å². The van der Waals surface area contributed by atoms with Crippen LogP contribution >= 0.6 is 0 Å². The van der Waals surface area contributed by atoms with Gasteiger partial charge in [0.05, 0.1) is 11.5 Å². The Bertz CT molecular complexity index is 459. The Balaban J connectivity index is 3.06. The van der Waals surface area contributed by atoms with Crippen molar-refractivity contribution < 1.29 is 24.3 Å². The van der Waals surface area contributed by atoms with Gasteiger partial charge in [0.2, 0.25) is 6.10 Å². The maximum atomic E-state index is 10.9. The molecule has 7 nitrogen and oxygen atoms in total. The summed E-state index contributed by atoms with van der Waals surface area (Å²) in [6.07, 6.45) is -1.28. The second-order valence-electron chi connectivity index (χ2n) is 3.58. The maximum Gasteiger partial charge on any atom is 0.347 e. The zero-order valence-electron chi connectivity index (χ0n) is 9.95. The minimum atomic E-state index is -1.28. The highest BCUT2D eigenvalue weighted by Gasteiger charge is 2.25. The number of carboxylic acid groups (broad SMARTS) is 1. The monoisotopic (exact) mass is 255 g/mol. The number of benzene rings is 1. The number of aryl methyl sites for hydroxylation is 1. The molecule has 0 aromatic heterocycles. The van der Waals surface area contributed by atoms with Crippen molar-refractivity contribution in [1.82, 2.24) is 0 Å². The van der Waals surface area contributed by atoms with Gasteiger partial charge in [-0.25, -0.2) is 4.79 Å². The summed E-state index contributed by atoms with van der Waals surface area (Å²) in [5.41, 5.74) is 0.166. The van der Waals surface area contributed by atoms with Gasteiger partial charge in [-0.05, 0) is 13.0 Å². The number of para-hydroxylation sites is 1. The van der Waals surface area contributed by atoms with Gasteiger partial charge in [-0.15, -0.1) is 0 Å². The van der Waals surface area contributed by atoms with Crippen LogP contribution in [-0.4, -0.2) is 35.8 Å². The lowest BCUT2D eigenvalue weighted by atomic mass is 10.2. The Kier molecular flexibility index (Phi) is 4.61. The molecule has 7 heteroatoms. The highest BCUT2D eigenvalue weighted by molar-refractivity contribution is 5.73. The Morgan fingerprint density at radius 1 is 1.56 bits per heavy atom. The van der Waals surface area contributed by atoms with E-state index in [-0.39, 0.29) is 18.0 Å². The van der Waals surface area contributed by atoms with Crippen LogP contribution in [0.1, 0.15) is 5.56 Å². The zero-order chi connectivity index (χ0) is 13.7. The highest BCUT2D eigenvalue weighted by Crippen LogP contribution is 2.30. The highest BCUT2D eigenvalue weighted by atomic mass is 16.6. The molecule has 0 bridgehead atoms. The van der Waals surface area contributed by atoms with Crippen LogP contribution in [0.4, 0.5) is 5.69 Å². The van der Waals surface area contributed by atoms with E-state index in [0.717, 1.165) is 0 Å². The fourth-order valence-corrected chi connectivity index (χ4v) is 1.42. The summed E-state index contributed by atoms with van der Waals surface area (Å²) in [4.78, 5) is 21.2. The number of methoxy groups -OCH3 is 1. The van der Waals surface area contributed by atoms with Gasteiger partial charge in [0.1, 0.15) is 0 Å². The minimum absolute atomic E-state index is 0.0792. The minimum Gasteiger partial charge on any atom is -0.478 e. The van der Waals surface area contributed by atoms with Gasteiger partial charge < -0.3 is 14.6 Å². The van der Waals surface area contributed by atoms with Crippen LogP contribution in [0.25, 0.3) is 0 Å². The number of nitro groups is 1. The molecule has 1 aromatic rings. The molecule has 0 amide bonds. The molecular formula is C11H13NO6. The molecule has 0 radical (unpaired) electrons. The average Bonchev–Trinajstić information content (AvgIpc) is 2.27. The van der Waals surface area contributed by atoms with Crippen LogP contribution in [0.15, 0.2) is 18.2 Å². The molecule has 0 aliphatic carbocycles. The number of carboxylic acids is 1. The van der Waals surface area contributed by atoms with E-state index < -0.39 is 17.0 Å². The second kappa shape index (κ2) is 5.97. The molecule has 0 saturated carbocycles. The van der Waals surface area contributed by atoms with Gasteiger partial charge in [0, 0.05) is 12.7 Å². The number of nitrogens with zero attached hydrogens (tertiary/aromatic N) is 1. The van der Waals surface area contributed by atoms with Crippen LogP contribution in [0.2, 0.25) is 0 Å². The standard InChI is InChI=1S/C11H13NO6/c1-7-4-3-5-8(10(7)12(15)16)18-9(6-17-2)11(13)14/h3-5,9H,6H2,1-2H3,(H,13,14). The first kappa shape index (κ1) is 13.9. The molecule has 0 spiro atoms. The summed E-state index contributed by atoms with van der Waals surface area (Å²) >= 11 is 0. The van der Waals surface area contributed by atoms with Crippen molar-refractivity contribution in [3.05, 3.63) is 33.9 Å². The summed E-state index contributed by atoms with van der Waals surface area (Å²) in [6.45, 7) is 1.36.